The third kappa shape index (κ3) is 3.21. The Hall–Kier alpha value is -0.590. The van der Waals surface area contributed by atoms with E-state index in [4.69, 9.17) is 0 Å². The smallest absolute Gasteiger partial charge is 0.155 e. The molecular weight excluding hydrogens is 148 g/mol. The Morgan fingerprint density at radius 3 is 3.17 bits per heavy atom. The number of ketones is 1. The van der Waals surface area contributed by atoms with Gasteiger partial charge in [-0.2, -0.15) is 0 Å². The molecule has 1 rings (SSSR count). The quantitative estimate of drug-likeness (QED) is 0.629. The minimum atomic E-state index is 0.314. The molecular formula is C11H18O. The summed E-state index contributed by atoms with van der Waals surface area (Å²) in [5, 5.41) is 0. The van der Waals surface area contributed by atoms with Gasteiger partial charge in [-0.1, -0.05) is 25.8 Å². The molecule has 0 saturated heterocycles. The number of hydrogen-bond donors (Lipinski definition) is 0. The van der Waals surface area contributed by atoms with Crippen LogP contribution in [0, 0.1) is 5.92 Å². The van der Waals surface area contributed by atoms with Crippen LogP contribution in [0.4, 0.5) is 0 Å². The topological polar surface area (TPSA) is 17.1 Å². The first kappa shape index (κ1) is 9.50. The molecule has 0 radical (unpaired) electrons. The molecule has 0 aliphatic heterocycles. The van der Waals surface area contributed by atoms with Crippen molar-refractivity contribution in [1.82, 2.24) is 0 Å². The molecule has 0 spiro atoms. The van der Waals surface area contributed by atoms with Gasteiger partial charge < -0.3 is 0 Å². The maximum absolute atomic E-state index is 11.0. The first-order valence-electron chi connectivity index (χ1n) is 5.04. The molecule has 0 aromatic carbocycles. The second kappa shape index (κ2) is 5.13. The SMILES string of the molecule is CCCCC1C=CC(=O)CCC1. The Kier molecular flexibility index (Phi) is 4.06. The third-order valence-electron chi connectivity index (χ3n) is 2.48. The molecule has 1 atom stereocenters. The monoisotopic (exact) mass is 166 g/mol. The molecule has 0 N–H and O–H groups in total. The molecule has 0 aromatic heterocycles. The van der Waals surface area contributed by atoms with Crippen LogP contribution in [0.2, 0.25) is 0 Å². The summed E-state index contributed by atoms with van der Waals surface area (Å²) >= 11 is 0. The Morgan fingerprint density at radius 1 is 1.58 bits per heavy atom. The highest BCUT2D eigenvalue weighted by Gasteiger charge is 2.09. The average molecular weight is 166 g/mol. The van der Waals surface area contributed by atoms with Crippen molar-refractivity contribution in [2.24, 2.45) is 5.92 Å². The molecule has 0 aromatic rings. The van der Waals surface area contributed by atoms with E-state index in [0.29, 0.717) is 11.7 Å². The lowest BCUT2D eigenvalue weighted by atomic mass is 9.97. The summed E-state index contributed by atoms with van der Waals surface area (Å²) in [5.74, 6) is 0.991. The molecule has 0 amide bonds. The van der Waals surface area contributed by atoms with Crippen molar-refractivity contribution < 1.29 is 4.79 Å². The van der Waals surface area contributed by atoms with E-state index in [-0.39, 0.29) is 0 Å². The number of unbranched alkanes of at least 4 members (excludes halogenated alkanes) is 1. The van der Waals surface area contributed by atoms with Crippen LogP contribution < -0.4 is 0 Å². The van der Waals surface area contributed by atoms with E-state index in [1.807, 2.05) is 0 Å². The zero-order chi connectivity index (χ0) is 8.81. The number of allylic oxidation sites excluding steroid dienone is 2. The molecule has 1 aliphatic rings. The Labute approximate surface area is 74.9 Å². The molecule has 1 unspecified atom stereocenters. The van der Waals surface area contributed by atoms with Gasteiger partial charge >= 0.3 is 0 Å². The van der Waals surface area contributed by atoms with Crippen molar-refractivity contribution in [3.8, 4) is 0 Å². The standard InChI is InChI=1S/C11H18O/c1-2-3-5-10-6-4-7-11(12)9-8-10/h8-10H,2-7H2,1H3. The first-order valence-corrected chi connectivity index (χ1v) is 5.04. The Balaban J connectivity index is 2.33. The van der Waals surface area contributed by atoms with Crippen molar-refractivity contribution in [2.75, 3.05) is 0 Å². The molecule has 0 bridgehead atoms. The molecule has 1 heteroatoms. The summed E-state index contributed by atoms with van der Waals surface area (Å²) in [7, 11) is 0. The van der Waals surface area contributed by atoms with Crippen LogP contribution >= 0.6 is 0 Å². The van der Waals surface area contributed by atoms with Gasteiger partial charge in [0.2, 0.25) is 0 Å². The van der Waals surface area contributed by atoms with Gasteiger partial charge in [-0.05, 0) is 31.3 Å². The van der Waals surface area contributed by atoms with Crippen molar-refractivity contribution in [2.45, 2.75) is 45.4 Å². The van der Waals surface area contributed by atoms with Crippen molar-refractivity contribution in [1.29, 1.82) is 0 Å². The van der Waals surface area contributed by atoms with Crippen LogP contribution in [0.25, 0.3) is 0 Å². The van der Waals surface area contributed by atoms with Crippen LogP contribution in [0.3, 0.4) is 0 Å². The number of rotatable bonds is 3. The van der Waals surface area contributed by atoms with E-state index in [1.54, 1.807) is 6.08 Å². The zero-order valence-electron chi connectivity index (χ0n) is 7.88. The molecule has 1 nitrogen and oxygen atoms in total. The summed E-state index contributed by atoms with van der Waals surface area (Å²) in [4.78, 5) is 11.0. The van der Waals surface area contributed by atoms with Gasteiger partial charge in [0, 0.05) is 6.42 Å². The van der Waals surface area contributed by atoms with Gasteiger partial charge in [0.05, 0.1) is 0 Å². The predicted octanol–water partition coefficient (Wildman–Crippen LogP) is 3.10. The second-order valence-corrected chi connectivity index (χ2v) is 3.62. The molecule has 0 heterocycles. The van der Waals surface area contributed by atoms with E-state index in [9.17, 15) is 4.79 Å². The fourth-order valence-electron chi connectivity index (χ4n) is 1.67. The van der Waals surface area contributed by atoms with Gasteiger partial charge in [-0.25, -0.2) is 0 Å². The van der Waals surface area contributed by atoms with E-state index < -0.39 is 0 Å². The highest BCUT2D eigenvalue weighted by atomic mass is 16.1. The van der Waals surface area contributed by atoms with Gasteiger partial charge in [0.1, 0.15) is 0 Å². The minimum Gasteiger partial charge on any atom is -0.295 e. The number of hydrogen-bond acceptors (Lipinski definition) is 1. The highest BCUT2D eigenvalue weighted by molar-refractivity contribution is 5.89. The number of carbonyl (C=O) groups excluding carboxylic acids is 1. The number of carbonyl (C=O) groups is 1. The van der Waals surface area contributed by atoms with Gasteiger partial charge in [0.15, 0.2) is 5.78 Å². The summed E-state index contributed by atoms with van der Waals surface area (Å²) in [6.45, 7) is 2.21. The molecule has 0 fully saturated rings. The van der Waals surface area contributed by atoms with Gasteiger partial charge in [-0.15, -0.1) is 0 Å². The third-order valence-corrected chi connectivity index (χ3v) is 2.48. The lowest BCUT2D eigenvalue weighted by molar-refractivity contribution is -0.114. The fourth-order valence-corrected chi connectivity index (χ4v) is 1.67. The van der Waals surface area contributed by atoms with Crippen LogP contribution in [0.15, 0.2) is 12.2 Å². The summed E-state index contributed by atoms with van der Waals surface area (Å²) in [6.07, 6.45) is 10.8. The predicted molar refractivity (Wildman–Crippen MR) is 51.0 cm³/mol. The van der Waals surface area contributed by atoms with E-state index in [2.05, 4.69) is 13.0 Å². The lowest BCUT2D eigenvalue weighted by Crippen LogP contribution is -1.94. The average Bonchev–Trinajstić information content (AvgIpc) is 2.27. The van der Waals surface area contributed by atoms with E-state index >= 15 is 0 Å². The van der Waals surface area contributed by atoms with Crippen molar-refractivity contribution >= 4 is 5.78 Å². The largest absolute Gasteiger partial charge is 0.295 e. The molecule has 1 aliphatic carbocycles. The van der Waals surface area contributed by atoms with Crippen molar-refractivity contribution in [3.63, 3.8) is 0 Å². The molecule has 68 valence electrons. The normalized spacial score (nSPS) is 24.1. The molecule has 12 heavy (non-hydrogen) atoms. The van der Waals surface area contributed by atoms with Crippen LogP contribution in [0.5, 0.6) is 0 Å². The zero-order valence-corrected chi connectivity index (χ0v) is 7.88. The van der Waals surface area contributed by atoms with Crippen LogP contribution in [-0.2, 0) is 4.79 Å². The second-order valence-electron chi connectivity index (χ2n) is 3.62. The maximum Gasteiger partial charge on any atom is 0.155 e. The van der Waals surface area contributed by atoms with Crippen molar-refractivity contribution in [3.05, 3.63) is 12.2 Å². The minimum absolute atomic E-state index is 0.314. The summed E-state index contributed by atoms with van der Waals surface area (Å²) in [6, 6.07) is 0. The summed E-state index contributed by atoms with van der Waals surface area (Å²) < 4.78 is 0. The van der Waals surface area contributed by atoms with E-state index in [1.165, 1.54) is 25.7 Å². The van der Waals surface area contributed by atoms with Gasteiger partial charge in [0.25, 0.3) is 0 Å². The maximum atomic E-state index is 11.0. The lowest BCUT2D eigenvalue weighted by Gasteiger charge is -2.08. The summed E-state index contributed by atoms with van der Waals surface area (Å²) in [5.41, 5.74) is 0. The fraction of sp³-hybridized carbons (Fsp3) is 0.727. The Bertz CT molecular complexity index is 170. The Morgan fingerprint density at radius 2 is 2.42 bits per heavy atom. The first-order chi connectivity index (χ1) is 5.83. The van der Waals surface area contributed by atoms with E-state index in [0.717, 1.165) is 12.8 Å². The highest BCUT2D eigenvalue weighted by Crippen LogP contribution is 2.20. The molecule has 0 saturated carbocycles. The van der Waals surface area contributed by atoms with Gasteiger partial charge in [-0.3, -0.25) is 4.79 Å². The van der Waals surface area contributed by atoms with Crippen LogP contribution in [-0.4, -0.2) is 5.78 Å². The van der Waals surface area contributed by atoms with Crippen LogP contribution in [0.1, 0.15) is 45.4 Å².